The SMILES string of the molecule is O=C(c1cc(-c2ccco2)[nH]n1)N1CCN(S(=O)(=O)c2ccccc2)CC1. The van der Waals surface area contributed by atoms with Gasteiger partial charge in [0.2, 0.25) is 10.0 Å². The Morgan fingerprint density at radius 2 is 1.78 bits per heavy atom. The van der Waals surface area contributed by atoms with Crippen molar-refractivity contribution in [1.29, 1.82) is 0 Å². The Hall–Kier alpha value is -2.91. The van der Waals surface area contributed by atoms with Crippen LogP contribution in [-0.4, -0.2) is 59.9 Å². The van der Waals surface area contributed by atoms with Gasteiger partial charge in [0, 0.05) is 32.2 Å². The van der Waals surface area contributed by atoms with Gasteiger partial charge in [0.05, 0.1) is 11.2 Å². The van der Waals surface area contributed by atoms with E-state index >= 15 is 0 Å². The molecular weight excluding hydrogens is 368 g/mol. The normalized spacial score (nSPS) is 15.8. The molecule has 0 bridgehead atoms. The first-order chi connectivity index (χ1) is 13.1. The summed E-state index contributed by atoms with van der Waals surface area (Å²) in [5, 5.41) is 6.84. The number of nitrogens with one attached hydrogen (secondary N) is 1. The smallest absolute Gasteiger partial charge is 0.274 e. The van der Waals surface area contributed by atoms with Gasteiger partial charge in [-0.15, -0.1) is 0 Å². The molecule has 140 valence electrons. The van der Waals surface area contributed by atoms with Crippen molar-refractivity contribution in [3.05, 3.63) is 60.5 Å². The number of piperazine rings is 1. The Kier molecular flexibility index (Phi) is 4.54. The maximum absolute atomic E-state index is 12.7. The minimum atomic E-state index is -3.54. The molecule has 0 saturated carbocycles. The number of aromatic amines is 1. The van der Waals surface area contributed by atoms with Gasteiger partial charge in [-0.05, 0) is 24.3 Å². The highest BCUT2D eigenvalue weighted by atomic mass is 32.2. The van der Waals surface area contributed by atoms with Crippen molar-refractivity contribution in [2.75, 3.05) is 26.2 Å². The summed E-state index contributed by atoms with van der Waals surface area (Å²) in [7, 11) is -3.54. The van der Waals surface area contributed by atoms with Crippen LogP contribution in [0.3, 0.4) is 0 Å². The summed E-state index contributed by atoms with van der Waals surface area (Å²) < 4.78 is 32.0. The number of sulfonamides is 1. The molecule has 1 fully saturated rings. The first-order valence-corrected chi connectivity index (χ1v) is 9.93. The van der Waals surface area contributed by atoms with Crippen LogP contribution in [-0.2, 0) is 10.0 Å². The van der Waals surface area contributed by atoms with Crippen LogP contribution >= 0.6 is 0 Å². The molecule has 3 heterocycles. The lowest BCUT2D eigenvalue weighted by molar-refractivity contribution is 0.0692. The maximum atomic E-state index is 12.7. The van der Waals surface area contributed by atoms with Crippen molar-refractivity contribution in [2.24, 2.45) is 0 Å². The van der Waals surface area contributed by atoms with Gasteiger partial charge in [-0.1, -0.05) is 18.2 Å². The molecule has 1 aliphatic rings. The number of aromatic nitrogens is 2. The average molecular weight is 386 g/mol. The molecule has 4 rings (SSSR count). The molecule has 1 N–H and O–H groups in total. The van der Waals surface area contributed by atoms with E-state index in [-0.39, 0.29) is 29.6 Å². The lowest BCUT2D eigenvalue weighted by Gasteiger charge is -2.33. The Bertz CT molecular complexity index is 1020. The fourth-order valence-electron chi connectivity index (χ4n) is 3.02. The van der Waals surface area contributed by atoms with Crippen molar-refractivity contribution >= 4 is 15.9 Å². The predicted molar refractivity (Wildman–Crippen MR) is 97.4 cm³/mol. The van der Waals surface area contributed by atoms with Gasteiger partial charge in [-0.2, -0.15) is 9.40 Å². The minimum absolute atomic E-state index is 0.235. The third-order valence-electron chi connectivity index (χ3n) is 4.49. The lowest BCUT2D eigenvalue weighted by atomic mass is 10.2. The lowest BCUT2D eigenvalue weighted by Crippen LogP contribution is -2.50. The van der Waals surface area contributed by atoms with Crippen LogP contribution in [0.5, 0.6) is 0 Å². The van der Waals surface area contributed by atoms with E-state index in [1.165, 1.54) is 4.31 Å². The summed E-state index contributed by atoms with van der Waals surface area (Å²) in [6.45, 7) is 1.12. The number of benzene rings is 1. The molecule has 1 saturated heterocycles. The van der Waals surface area contributed by atoms with Gasteiger partial charge < -0.3 is 9.32 Å². The zero-order chi connectivity index (χ0) is 18.9. The Balaban J connectivity index is 1.43. The van der Waals surface area contributed by atoms with Crippen LogP contribution in [0, 0.1) is 0 Å². The molecule has 0 radical (unpaired) electrons. The second-order valence-corrected chi connectivity index (χ2v) is 8.09. The van der Waals surface area contributed by atoms with Crippen LogP contribution in [0.4, 0.5) is 0 Å². The molecule has 0 aliphatic carbocycles. The Morgan fingerprint density at radius 1 is 1.04 bits per heavy atom. The van der Waals surface area contributed by atoms with E-state index in [4.69, 9.17) is 4.42 Å². The molecule has 9 heteroatoms. The van der Waals surface area contributed by atoms with Crippen molar-refractivity contribution in [3.8, 4) is 11.5 Å². The number of H-pyrrole nitrogens is 1. The standard InChI is InChI=1S/C18H18N4O4S/c23-18(16-13-15(19-20-16)17-7-4-12-26-17)21-8-10-22(11-9-21)27(24,25)14-5-2-1-3-6-14/h1-7,12-13H,8-11H2,(H,19,20). The van der Waals surface area contributed by atoms with Gasteiger partial charge in [0.15, 0.2) is 11.5 Å². The van der Waals surface area contributed by atoms with Gasteiger partial charge in [-0.3, -0.25) is 9.89 Å². The highest BCUT2D eigenvalue weighted by Crippen LogP contribution is 2.20. The molecule has 2 aromatic heterocycles. The molecule has 0 spiro atoms. The molecule has 3 aromatic rings. The molecule has 0 atom stereocenters. The highest BCUT2D eigenvalue weighted by molar-refractivity contribution is 7.89. The van der Waals surface area contributed by atoms with Gasteiger partial charge in [-0.25, -0.2) is 8.42 Å². The van der Waals surface area contributed by atoms with Crippen LogP contribution in [0.2, 0.25) is 0 Å². The van der Waals surface area contributed by atoms with Crippen LogP contribution in [0.25, 0.3) is 11.5 Å². The van der Waals surface area contributed by atoms with Gasteiger partial charge >= 0.3 is 0 Å². The first-order valence-electron chi connectivity index (χ1n) is 8.49. The average Bonchev–Trinajstić information content (AvgIpc) is 3.40. The predicted octanol–water partition coefficient (Wildman–Crippen LogP) is 1.82. The summed E-state index contributed by atoms with van der Waals surface area (Å²) in [5.41, 5.74) is 0.898. The van der Waals surface area contributed by atoms with Crippen LogP contribution in [0.1, 0.15) is 10.5 Å². The number of nitrogens with zero attached hydrogens (tertiary/aromatic N) is 3. The monoisotopic (exact) mass is 386 g/mol. The largest absolute Gasteiger partial charge is 0.463 e. The van der Waals surface area contributed by atoms with E-state index in [1.807, 2.05) is 0 Å². The zero-order valence-electron chi connectivity index (χ0n) is 14.4. The Morgan fingerprint density at radius 3 is 2.44 bits per heavy atom. The van der Waals surface area contributed by atoms with E-state index in [0.29, 0.717) is 24.5 Å². The van der Waals surface area contributed by atoms with Crippen molar-refractivity contribution in [3.63, 3.8) is 0 Å². The number of rotatable bonds is 4. The number of amides is 1. The summed E-state index contributed by atoms with van der Waals surface area (Å²) in [6, 6.07) is 13.5. The summed E-state index contributed by atoms with van der Waals surface area (Å²) in [4.78, 5) is 14.5. The molecule has 0 unspecified atom stereocenters. The number of carbonyl (C=O) groups excluding carboxylic acids is 1. The van der Waals surface area contributed by atoms with Gasteiger partial charge in [0.25, 0.3) is 5.91 Å². The van der Waals surface area contributed by atoms with E-state index in [9.17, 15) is 13.2 Å². The number of hydrogen-bond donors (Lipinski definition) is 1. The van der Waals surface area contributed by atoms with E-state index in [2.05, 4.69) is 10.2 Å². The molecule has 1 aromatic carbocycles. The van der Waals surface area contributed by atoms with Crippen molar-refractivity contribution in [2.45, 2.75) is 4.90 Å². The van der Waals surface area contributed by atoms with E-state index in [1.54, 1.807) is 59.7 Å². The summed E-state index contributed by atoms with van der Waals surface area (Å²) in [6.07, 6.45) is 1.55. The molecule has 8 nitrogen and oxygen atoms in total. The second kappa shape index (κ2) is 7.01. The zero-order valence-corrected chi connectivity index (χ0v) is 15.2. The third-order valence-corrected chi connectivity index (χ3v) is 6.40. The fraction of sp³-hybridized carbons (Fsp3) is 0.222. The van der Waals surface area contributed by atoms with Crippen LogP contribution < -0.4 is 0 Å². The minimum Gasteiger partial charge on any atom is -0.463 e. The molecule has 1 aliphatic heterocycles. The number of furan rings is 1. The van der Waals surface area contributed by atoms with Gasteiger partial charge in [0.1, 0.15) is 5.69 Å². The third kappa shape index (κ3) is 3.38. The summed E-state index contributed by atoms with van der Waals surface area (Å²) >= 11 is 0. The number of carbonyl (C=O) groups is 1. The van der Waals surface area contributed by atoms with E-state index in [0.717, 1.165) is 0 Å². The highest BCUT2D eigenvalue weighted by Gasteiger charge is 2.31. The van der Waals surface area contributed by atoms with E-state index < -0.39 is 10.0 Å². The molecule has 27 heavy (non-hydrogen) atoms. The fourth-order valence-corrected chi connectivity index (χ4v) is 4.47. The topological polar surface area (TPSA) is 99.5 Å². The molecule has 1 amide bonds. The number of hydrogen-bond acceptors (Lipinski definition) is 5. The summed E-state index contributed by atoms with van der Waals surface area (Å²) in [5.74, 6) is 0.362. The Labute approximate surface area is 156 Å². The maximum Gasteiger partial charge on any atom is 0.274 e. The van der Waals surface area contributed by atoms with Crippen LogP contribution in [0.15, 0.2) is 64.1 Å². The van der Waals surface area contributed by atoms with Crippen molar-refractivity contribution in [1.82, 2.24) is 19.4 Å². The first kappa shape index (κ1) is 17.5. The quantitative estimate of drug-likeness (QED) is 0.737. The second-order valence-electron chi connectivity index (χ2n) is 6.15. The van der Waals surface area contributed by atoms with Crippen molar-refractivity contribution < 1.29 is 17.6 Å². The molecular formula is C18H18N4O4S.